The molecule has 0 amide bonds. The zero-order valence-corrected chi connectivity index (χ0v) is 11.5. The molecule has 0 bridgehead atoms. The summed E-state index contributed by atoms with van der Waals surface area (Å²) in [5.41, 5.74) is 1.40. The second kappa shape index (κ2) is 6.18. The predicted molar refractivity (Wildman–Crippen MR) is 74.8 cm³/mol. The van der Waals surface area contributed by atoms with Crippen molar-refractivity contribution in [3.63, 3.8) is 0 Å². The van der Waals surface area contributed by atoms with Gasteiger partial charge in [-0.15, -0.1) is 0 Å². The molecule has 0 heterocycles. The van der Waals surface area contributed by atoms with E-state index in [0.29, 0.717) is 18.7 Å². The van der Waals surface area contributed by atoms with Gasteiger partial charge in [-0.2, -0.15) is 13.2 Å². The van der Waals surface area contributed by atoms with Crippen LogP contribution in [0.25, 0.3) is 0 Å². The molecular weight excluding hydrogens is 279 g/mol. The van der Waals surface area contributed by atoms with E-state index in [4.69, 9.17) is 0 Å². The average Bonchev–Trinajstić information content (AvgIpc) is 2.43. The van der Waals surface area contributed by atoms with E-state index in [1.165, 1.54) is 6.07 Å². The Kier molecular flexibility index (Phi) is 4.53. The number of aryl methyl sites for hydroxylation is 1. The largest absolute Gasteiger partial charge is 0.507 e. The summed E-state index contributed by atoms with van der Waals surface area (Å²) in [5.74, 6) is 0.217. The third-order valence-corrected chi connectivity index (χ3v) is 3.22. The van der Waals surface area contributed by atoms with Crippen molar-refractivity contribution in [3.05, 3.63) is 64.7 Å². The first kappa shape index (κ1) is 15.4. The molecule has 0 saturated heterocycles. The number of para-hydroxylation sites is 1. The summed E-state index contributed by atoms with van der Waals surface area (Å²) in [6.07, 6.45) is -4.33. The summed E-state index contributed by atoms with van der Waals surface area (Å²) in [5, 5.41) is 12.9. The standard InChI is InChI=1S/C16H16F3NO/c1-11-4-2-6-13(15(11)21)10-20-9-12-5-3-7-14(8-12)16(17,18)19/h2-8,20-21H,9-10H2,1H3. The summed E-state index contributed by atoms with van der Waals surface area (Å²) in [6, 6.07) is 10.6. The van der Waals surface area contributed by atoms with Crippen molar-refractivity contribution in [1.29, 1.82) is 0 Å². The Morgan fingerprint density at radius 2 is 1.76 bits per heavy atom. The van der Waals surface area contributed by atoms with Crippen molar-refractivity contribution in [2.45, 2.75) is 26.2 Å². The maximum absolute atomic E-state index is 12.6. The van der Waals surface area contributed by atoms with Gasteiger partial charge in [0.15, 0.2) is 0 Å². The molecular formula is C16H16F3NO. The molecule has 2 N–H and O–H groups in total. The van der Waals surface area contributed by atoms with Gasteiger partial charge in [0.25, 0.3) is 0 Å². The molecule has 0 atom stereocenters. The lowest BCUT2D eigenvalue weighted by Gasteiger charge is -2.11. The van der Waals surface area contributed by atoms with Crippen LogP contribution in [-0.2, 0) is 19.3 Å². The summed E-state index contributed by atoms with van der Waals surface area (Å²) >= 11 is 0. The van der Waals surface area contributed by atoms with Crippen molar-refractivity contribution in [1.82, 2.24) is 5.32 Å². The van der Waals surface area contributed by atoms with Gasteiger partial charge in [-0.25, -0.2) is 0 Å². The number of aromatic hydroxyl groups is 1. The molecule has 0 fully saturated rings. The molecule has 0 saturated carbocycles. The van der Waals surface area contributed by atoms with E-state index in [1.807, 2.05) is 6.07 Å². The molecule has 0 unspecified atom stereocenters. The van der Waals surface area contributed by atoms with Crippen LogP contribution in [0.2, 0.25) is 0 Å². The van der Waals surface area contributed by atoms with E-state index in [2.05, 4.69) is 5.32 Å². The molecule has 0 aromatic heterocycles. The highest BCUT2D eigenvalue weighted by atomic mass is 19.4. The van der Waals surface area contributed by atoms with Gasteiger partial charge >= 0.3 is 6.18 Å². The third-order valence-electron chi connectivity index (χ3n) is 3.22. The molecule has 5 heteroatoms. The number of nitrogens with one attached hydrogen (secondary N) is 1. The molecule has 0 spiro atoms. The average molecular weight is 295 g/mol. The Labute approximate surface area is 121 Å². The van der Waals surface area contributed by atoms with E-state index in [9.17, 15) is 18.3 Å². The second-order valence-electron chi connectivity index (χ2n) is 4.88. The van der Waals surface area contributed by atoms with Gasteiger partial charge in [0.05, 0.1) is 5.56 Å². The first-order chi connectivity index (χ1) is 9.88. The minimum Gasteiger partial charge on any atom is -0.507 e. The Bertz CT molecular complexity index is 623. The van der Waals surface area contributed by atoms with Crippen molar-refractivity contribution in [2.24, 2.45) is 0 Å². The van der Waals surface area contributed by atoms with Crippen LogP contribution < -0.4 is 5.32 Å². The third kappa shape index (κ3) is 3.98. The lowest BCUT2D eigenvalue weighted by molar-refractivity contribution is -0.137. The first-order valence-electron chi connectivity index (χ1n) is 6.52. The van der Waals surface area contributed by atoms with Gasteiger partial charge in [0.2, 0.25) is 0 Å². The summed E-state index contributed by atoms with van der Waals surface area (Å²) in [6.45, 7) is 2.49. The number of hydrogen-bond acceptors (Lipinski definition) is 2. The maximum Gasteiger partial charge on any atom is 0.416 e. The van der Waals surface area contributed by atoms with Gasteiger partial charge in [-0.1, -0.05) is 36.4 Å². The Morgan fingerprint density at radius 3 is 2.48 bits per heavy atom. The highest BCUT2D eigenvalue weighted by molar-refractivity contribution is 5.39. The number of alkyl halides is 3. The number of phenolic OH excluding ortho intramolecular Hbond substituents is 1. The molecule has 2 nitrogen and oxygen atoms in total. The van der Waals surface area contributed by atoms with Crippen LogP contribution in [0.4, 0.5) is 13.2 Å². The smallest absolute Gasteiger partial charge is 0.416 e. The van der Waals surface area contributed by atoms with Gasteiger partial charge in [0.1, 0.15) is 5.75 Å². The van der Waals surface area contributed by atoms with Gasteiger partial charge in [-0.3, -0.25) is 0 Å². The molecule has 0 radical (unpaired) electrons. The topological polar surface area (TPSA) is 32.3 Å². The zero-order chi connectivity index (χ0) is 15.5. The molecule has 112 valence electrons. The van der Waals surface area contributed by atoms with E-state index in [-0.39, 0.29) is 5.75 Å². The fourth-order valence-corrected chi connectivity index (χ4v) is 2.06. The van der Waals surface area contributed by atoms with Gasteiger partial charge in [-0.05, 0) is 24.1 Å². The second-order valence-corrected chi connectivity index (χ2v) is 4.88. The molecule has 2 aromatic rings. The summed E-state index contributed by atoms with van der Waals surface area (Å²) < 4.78 is 37.8. The highest BCUT2D eigenvalue weighted by Gasteiger charge is 2.30. The number of halogens is 3. The lowest BCUT2D eigenvalue weighted by atomic mass is 10.1. The molecule has 2 aromatic carbocycles. The normalized spacial score (nSPS) is 11.6. The fraction of sp³-hybridized carbons (Fsp3) is 0.250. The quantitative estimate of drug-likeness (QED) is 0.893. The van der Waals surface area contributed by atoms with E-state index < -0.39 is 11.7 Å². The van der Waals surface area contributed by atoms with E-state index >= 15 is 0 Å². The van der Waals surface area contributed by atoms with Crippen LogP contribution in [0.15, 0.2) is 42.5 Å². The molecule has 0 aliphatic carbocycles. The maximum atomic E-state index is 12.6. The Hall–Kier alpha value is -2.01. The van der Waals surface area contributed by atoms with Crippen LogP contribution in [0.5, 0.6) is 5.75 Å². The molecule has 0 aliphatic rings. The number of phenols is 1. The number of rotatable bonds is 4. The minimum absolute atomic E-state index is 0.217. The van der Waals surface area contributed by atoms with Crippen molar-refractivity contribution in [3.8, 4) is 5.75 Å². The van der Waals surface area contributed by atoms with Crippen molar-refractivity contribution in [2.75, 3.05) is 0 Å². The fourth-order valence-electron chi connectivity index (χ4n) is 2.06. The van der Waals surface area contributed by atoms with Crippen molar-refractivity contribution < 1.29 is 18.3 Å². The van der Waals surface area contributed by atoms with Crippen LogP contribution in [-0.4, -0.2) is 5.11 Å². The van der Waals surface area contributed by atoms with Crippen LogP contribution in [0.1, 0.15) is 22.3 Å². The first-order valence-corrected chi connectivity index (χ1v) is 6.52. The predicted octanol–water partition coefficient (Wildman–Crippen LogP) is 4.01. The Morgan fingerprint density at radius 1 is 1.05 bits per heavy atom. The van der Waals surface area contributed by atoms with E-state index in [1.54, 1.807) is 25.1 Å². The monoisotopic (exact) mass is 295 g/mol. The number of hydrogen-bond donors (Lipinski definition) is 2. The highest BCUT2D eigenvalue weighted by Crippen LogP contribution is 2.29. The van der Waals surface area contributed by atoms with Gasteiger partial charge in [0, 0.05) is 18.7 Å². The zero-order valence-electron chi connectivity index (χ0n) is 11.5. The lowest BCUT2D eigenvalue weighted by Crippen LogP contribution is -2.14. The van der Waals surface area contributed by atoms with Crippen molar-refractivity contribution >= 4 is 0 Å². The van der Waals surface area contributed by atoms with Crippen LogP contribution in [0, 0.1) is 6.92 Å². The number of benzene rings is 2. The SMILES string of the molecule is Cc1cccc(CNCc2cccc(C(F)(F)F)c2)c1O. The Balaban J connectivity index is 1.99. The summed E-state index contributed by atoms with van der Waals surface area (Å²) in [4.78, 5) is 0. The minimum atomic E-state index is -4.33. The summed E-state index contributed by atoms with van der Waals surface area (Å²) in [7, 11) is 0. The molecule has 0 aliphatic heterocycles. The molecule has 2 rings (SSSR count). The van der Waals surface area contributed by atoms with E-state index in [0.717, 1.165) is 23.3 Å². The van der Waals surface area contributed by atoms with Crippen LogP contribution >= 0.6 is 0 Å². The van der Waals surface area contributed by atoms with Crippen LogP contribution in [0.3, 0.4) is 0 Å². The van der Waals surface area contributed by atoms with Gasteiger partial charge < -0.3 is 10.4 Å². The molecule has 21 heavy (non-hydrogen) atoms.